The van der Waals surface area contributed by atoms with Gasteiger partial charge in [-0.2, -0.15) is 11.8 Å². The van der Waals surface area contributed by atoms with Crippen LogP contribution in [0.5, 0.6) is 0 Å². The Morgan fingerprint density at radius 3 is 2.68 bits per heavy atom. The third-order valence-corrected chi connectivity index (χ3v) is 6.72. The molecule has 19 heavy (non-hydrogen) atoms. The molecule has 0 aromatic rings. The SMILES string of the molecule is CCCNCC(C)S(=O)(=O)NC1CCCC1SCC. The van der Waals surface area contributed by atoms with Crippen molar-refractivity contribution >= 4 is 21.8 Å². The van der Waals surface area contributed by atoms with Gasteiger partial charge >= 0.3 is 0 Å². The van der Waals surface area contributed by atoms with E-state index in [-0.39, 0.29) is 11.3 Å². The summed E-state index contributed by atoms with van der Waals surface area (Å²) in [5.41, 5.74) is 0. The van der Waals surface area contributed by atoms with Crippen molar-refractivity contribution in [3.8, 4) is 0 Å². The third kappa shape index (κ3) is 5.61. The zero-order valence-corrected chi connectivity index (χ0v) is 13.9. The fraction of sp³-hybridized carbons (Fsp3) is 1.00. The normalized spacial score (nSPS) is 25.6. The van der Waals surface area contributed by atoms with Gasteiger partial charge in [0.05, 0.1) is 5.25 Å². The lowest BCUT2D eigenvalue weighted by atomic mass is 10.3. The molecule has 2 N–H and O–H groups in total. The highest BCUT2D eigenvalue weighted by Crippen LogP contribution is 2.30. The van der Waals surface area contributed by atoms with Gasteiger partial charge in [0.15, 0.2) is 0 Å². The second kappa shape index (κ2) is 8.49. The average Bonchev–Trinajstić information content (AvgIpc) is 2.76. The predicted molar refractivity (Wildman–Crippen MR) is 84.2 cm³/mol. The van der Waals surface area contributed by atoms with Gasteiger partial charge in [-0.1, -0.05) is 20.3 Å². The van der Waals surface area contributed by atoms with Crippen molar-refractivity contribution in [2.75, 3.05) is 18.8 Å². The Labute approximate surface area is 122 Å². The zero-order chi connectivity index (χ0) is 14.3. The highest BCUT2D eigenvalue weighted by atomic mass is 32.2. The molecular weight excluding hydrogens is 280 g/mol. The molecule has 3 atom stereocenters. The third-order valence-electron chi connectivity index (χ3n) is 3.54. The van der Waals surface area contributed by atoms with Gasteiger partial charge < -0.3 is 5.32 Å². The van der Waals surface area contributed by atoms with E-state index in [1.54, 1.807) is 6.92 Å². The zero-order valence-electron chi connectivity index (χ0n) is 12.3. The maximum Gasteiger partial charge on any atom is 0.215 e. The van der Waals surface area contributed by atoms with Crippen LogP contribution >= 0.6 is 11.8 Å². The van der Waals surface area contributed by atoms with Crippen molar-refractivity contribution in [1.82, 2.24) is 10.0 Å². The van der Waals surface area contributed by atoms with E-state index in [4.69, 9.17) is 0 Å². The Morgan fingerprint density at radius 2 is 2.05 bits per heavy atom. The second-order valence-corrected chi connectivity index (χ2v) is 8.86. The number of hydrogen-bond donors (Lipinski definition) is 2. The lowest BCUT2D eigenvalue weighted by molar-refractivity contribution is 0.535. The molecule has 0 heterocycles. The van der Waals surface area contributed by atoms with E-state index < -0.39 is 10.0 Å². The van der Waals surface area contributed by atoms with Crippen molar-refractivity contribution < 1.29 is 8.42 Å². The molecule has 1 rings (SSSR count). The first-order valence-corrected chi connectivity index (χ1v) is 9.94. The molecule has 0 spiro atoms. The number of nitrogens with one attached hydrogen (secondary N) is 2. The van der Waals surface area contributed by atoms with Crippen LogP contribution in [0.1, 0.15) is 46.5 Å². The first-order valence-electron chi connectivity index (χ1n) is 7.34. The summed E-state index contributed by atoms with van der Waals surface area (Å²) in [6.07, 6.45) is 4.27. The van der Waals surface area contributed by atoms with Crippen LogP contribution in [0.3, 0.4) is 0 Å². The Kier molecular flexibility index (Phi) is 7.72. The van der Waals surface area contributed by atoms with Crippen molar-refractivity contribution in [1.29, 1.82) is 0 Å². The van der Waals surface area contributed by atoms with E-state index in [1.807, 2.05) is 11.8 Å². The first-order chi connectivity index (χ1) is 9.01. The van der Waals surface area contributed by atoms with E-state index in [9.17, 15) is 8.42 Å². The Balaban J connectivity index is 2.48. The lowest BCUT2D eigenvalue weighted by Crippen LogP contribution is -2.45. The fourth-order valence-electron chi connectivity index (χ4n) is 2.39. The molecule has 1 saturated carbocycles. The Bertz CT molecular complexity index is 347. The van der Waals surface area contributed by atoms with Crippen LogP contribution < -0.4 is 10.0 Å². The molecule has 6 heteroatoms. The van der Waals surface area contributed by atoms with Crippen molar-refractivity contribution in [2.45, 2.75) is 63.0 Å². The van der Waals surface area contributed by atoms with Crippen LogP contribution in [-0.4, -0.2) is 43.8 Å². The molecule has 0 aromatic carbocycles. The fourth-order valence-corrected chi connectivity index (χ4v) is 4.95. The molecular formula is C13H28N2O2S2. The van der Waals surface area contributed by atoms with Crippen LogP contribution in [0, 0.1) is 0 Å². The van der Waals surface area contributed by atoms with Gasteiger partial charge in [0.2, 0.25) is 10.0 Å². The monoisotopic (exact) mass is 308 g/mol. The second-order valence-electron chi connectivity index (χ2n) is 5.21. The predicted octanol–water partition coefficient (Wildman–Crippen LogP) is 1.97. The van der Waals surface area contributed by atoms with Gasteiger partial charge in [0.1, 0.15) is 0 Å². The van der Waals surface area contributed by atoms with Crippen LogP contribution in [0.15, 0.2) is 0 Å². The highest BCUT2D eigenvalue weighted by Gasteiger charge is 2.32. The topological polar surface area (TPSA) is 58.2 Å². The van der Waals surface area contributed by atoms with E-state index in [2.05, 4.69) is 23.9 Å². The van der Waals surface area contributed by atoms with Gasteiger partial charge in [0, 0.05) is 17.8 Å². The molecule has 0 aromatic heterocycles. The average molecular weight is 309 g/mol. The minimum atomic E-state index is -3.20. The molecule has 0 radical (unpaired) electrons. The van der Waals surface area contributed by atoms with Crippen LogP contribution in [0.2, 0.25) is 0 Å². The van der Waals surface area contributed by atoms with E-state index in [0.717, 1.165) is 38.0 Å². The van der Waals surface area contributed by atoms with Gasteiger partial charge in [-0.05, 0) is 38.5 Å². The number of sulfonamides is 1. The summed E-state index contributed by atoms with van der Waals surface area (Å²) in [4.78, 5) is 0. The summed E-state index contributed by atoms with van der Waals surface area (Å²) in [6, 6.07) is 0.128. The molecule has 1 aliphatic rings. The van der Waals surface area contributed by atoms with Gasteiger partial charge in [0.25, 0.3) is 0 Å². The van der Waals surface area contributed by atoms with Crippen LogP contribution in [0.4, 0.5) is 0 Å². The number of hydrogen-bond acceptors (Lipinski definition) is 4. The quantitative estimate of drug-likeness (QED) is 0.639. The summed E-state index contributed by atoms with van der Waals surface area (Å²) in [6.45, 7) is 7.39. The molecule has 0 saturated heterocycles. The maximum atomic E-state index is 12.3. The van der Waals surface area contributed by atoms with Gasteiger partial charge in [-0.15, -0.1) is 0 Å². The van der Waals surface area contributed by atoms with Gasteiger partial charge in [-0.25, -0.2) is 13.1 Å². The number of rotatable bonds is 9. The summed E-state index contributed by atoms with van der Waals surface area (Å²) in [5, 5.41) is 3.26. The summed E-state index contributed by atoms with van der Waals surface area (Å²) in [5.74, 6) is 1.05. The van der Waals surface area contributed by atoms with Crippen LogP contribution in [-0.2, 0) is 10.0 Å². The number of thioether (sulfide) groups is 1. The highest BCUT2D eigenvalue weighted by molar-refractivity contribution is 8.00. The summed E-state index contributed by atoms with van der Waals surface area (Å²) in [7, 11) is -3.20. The Hall–Kier alpha value is 0.220. The maximum absolute atomic E-state index is 12.3. The molecule has 0 amide bonds. The lowest BCUT2D eigenvalue weighted by Gasteiger charge is -2.22. The van der Waals surface area contributed by atoms with Crippen molar-refractivity contribution in [3.05, 3.63) is 0 Å². The molecule has 0 bridgehead atoms. The molecule has 3 unspecified atom stereocenters. The first kappa shape index (κ1) is 17.3. The Morgan fingerprint density at radius 1 is 1.32 bits per heavy atom. The molecule has 0 aliphatic heterocycles. The van der Waals surface area contributed by atoms with Gasteiger partial charge in [-0.3, -0.25) is 0 Å². The minimum Gasteiger partial charge on any atom is -0.315 e. The summed E-state index contributed by atoms with van der Waals surface area (Å²) < 4.78 is 27.5. The minimum absolute atomic E-state index is 0.128. The largest absolute Gasteiger partial charge is 0.315 e. The molecule has 1 fully saturated rings. The summed E-state index contributed by atoms with van der Waals surface area (Å²) >= 11 is 1.88. The van der Waals surface area contributed by atoms with E-state index in [1.165, 1.54) is 0 Å². The van der Waals surface area contributed by atoms with E-state index >= 15 is 0 Å². The molecule has 114 valence electrons. The molecule has 4 nitrogen and oxygen atoms in total. The standard InChI is InChI=1S/C13H28N2O2S2/c1-4-9-14-10-11(3)19(16,17)15-12-7-6-8-13(12)18-5-2/h11-15H,4-10H2,1-3H3. The van der Waals surface area contributed by atoms with Crippen molar-refractivity contribution in [3.63, 3.8) is 0 Å². The smallest absolute Gasteiger partial charge is 0.215 e. The van der Waals surface area contributed by atoms with Crippen LogP contribution in [0.25, 0.3) is 0 Å². The van der Waals surface area contributed by atoms with Crippen molar-refractivity contribution in [2.24, 2.45) is 0 Å². The molecule has 1 aliphatic carbocycles. The van der Waals surface area contributed by atoms with E-state index in [0.29, 0.717) is 11.8 Å².